The Hall–Kier alpha value is -1.60. The summed E-state index contributed by atoms with van der Waals surface area (Å²) < 4.78 is 1.13. The fourth-order valence-electron chi connectivity index (χ4n) is 5.96. The lowest BCUT2D eigenvalue weighted by Gasteiger charge is -2.46. The lowest BCUT2D eigenvalue weighted by molar-refractivity contribution is -0.931. The van der Waals surface area contributed by atoms with Gasteiger partial charge in [0, 0.05) is 31.7 Å². The molecule has 4 nitrogen and oxygen atoms in total. The molecule has 5 rings (SSSR count). The van der Waals surface area contributed by atoms with E-state index in [1.54, 1.807) is 0 Å². The average Bonchev–Trinajstić information content (AvgIpc) is 3.09. The van der Waals surface area contributed by atoms with Crippen LogP contribution in [0.3, 0.4) is 0 Å². The molecule has 5 heteroatoms. The molecule has 29 heavy (non-hydrogen) atoms. The summed E-state index contributed by atoms with van der Waals surface area (Å²) in [5.41, 5.74) is 1.85. The SMILES string of the molecule is C[N+]1(C)[C@@H]2CC[C@H]1CC(N1CC(c3ccccc3)(c3ccccc3)NC1=O)C2.[I-]. The molecule has 3 atom stereocenters. The molecule has 3 aliphatic rings. The number of hydrogen-bond acceptors (Lipinski definition) is 1. The summed E-state index contributed by atoms with van der Waals surface area (Å²) >= 11 is 0. The van der Waals surface area contributed by atoms with E-state index in [-0.39, 0.29) is 30.0 Å². The molecule has 0 saturated carbocycles. The molecule has 0 radical (unpaired) electrons. The number of quaternary nitrogens is 1. The second-order valence-corrected chi connectivity index (χ2v) is 9.33. The summed E-state index contributed by atoms with van der Waals surface area (Å²) in [4.78, 5) is 15.4. The van der Waals surface area contributed by atoms with Gasteiger partial charge in [-0.1, -0.05) is 60.7 Å². The number of rotatable bonds is 3. The van der Waals surface area contributed by atoms with Crippen LogP contribution in [0.15, 0.2) is 60.7 Å². The van der Waals surface area contributed by atoms with Gasteiger partial charge in [-0.3, -0.25) is 0 Å². The predicted octanol–water partition coefficient (Wildman–Crippen LogP) is 0.729. The van der Waals surface area contributed by atoms with Gasteiger partial charge in [-0.2, -0.15) is 0 Å². The number of fused-ring (bicyclic) bond motifs is 2. The molecule has 3 heterocycles. The highest BCUT2D eigenvalue weighted by molar-refractivity contribution is 5.80. The Balaban J connectivity index is 0.00000205. The minimum Gasteiger partial charge on any atom is -1.00 e. The fraction of sp³-hybridized carbons (Fsp3) is 0.458. The van der Waals surface area contributed by atoms with E-state index in [0.29, 0.717) is 24.7 Å². The summed E-state index contributed by atoms with van der Waals surface area (Å²) in [7, 11) is 4.75. The van der Waals surface area contributed by atoms with Gasteiger partial charge >= 0.3 is 6.03 Å². The minimum absolute atomic E-state index is 0. The van der Waals surface area contributed by atoms with Crippen molar-refractivity contribution in [2.24, 2.45) is 0 Å². The summed E-state index contributed by atoms with van der Waals surface area (Å²) in [6, 6.07) is 22.7. The number of amides is 2. The number of nitrogens with zero attached hydrogens (tertiary/aromatic N) is 2. The molecular formula is C24H30IN3O. The van der Waals surface area contributed by atoms with Crippen LogP contribution in [0, 0.1) is 0 Å². The first-order valence-corrected chi connectivity index (χ1v) is 10.5. The lowest BCUT2D eigenvalue weighted by atomic mass is 9.83. The number of carbonyl (C=O) groups excluding carboxylic acids is 1. The summed E-state index contributed by atoms with van der Waals surface area (Å²) in [5.74, 6) is 0. The number of nitrogens with one attached hydrogen (secondary N) is 1. The maximum absolute atomic E-state index is 13.2. The van der Waals surface area contributed by atoms with Crippen LogP contribution < -0.4 is 29.3 Å². The zero-order valence-corrected chi connectivity index (χ0v) is 19.4. The molecule has 2 amide bonds. The van der Waals surface area contributed by atoms with E-state index < -0.39 is 5.54 Å². The van der Waals surface area contributed by atoms with Gasteiger partial charge < -0.3 is 38.7 Å². The summed E-state index contributed by atoms with van der Waals surface area (Å²) in [6.07, 6.45) is 4.84. The van der Waals surface area contributed by atoms with Crippen LogP contribution >= 0.6 is 0 Å². The van der Waals surface area contributed by atoms with Crippen molar-refractivity contribution in [3.05, 3.63) is 71.8 Å². The standard InChI is InChI=1S/C24H29N3O.HI/c1-27(2)21-13-14-22(27)16-20(15-21)26-17-24(25-23(26)28,18-9-5-3-6-10-18)19-11-7-4-8-12-19;/h3-12,20-22H,13-17H2,1-2H3;1H/t20?,21-,22+;. The highest BCUT2D eigenvalue weighted by Gasteiger charge is 2.54. The molecular weight excluding hydrogens is 473 g/mol. The van der Waals surface area contributed by atoms with Crippen molar-refractivity contribution in [3.8, 4) is 0 Å². The van der Waals surface area contributed by atoms with E-state index >= 15 is 0 Å². The Morgan fingerprint density at radius 2 is 1.38 bits per heavy atom. The number of carbonyl (C=O) groups is 1. The van der Waals surface area contributed by atoms with E-state index in [1.807, 2.05) is 12.1 Å². The van der Waals surface area contributed by atoms with Crippen molar-refractivity contribution >= 4 is 6.03 Å². The van der Waals surface area contributed by atoms with Gasteiger partial charge in [-0.25, -0.2) is 4.79 Å². The second-order valence-electron chi connectivity index (χ2n) is 9.33. The van der Waals surface area contributed by atoms with Gasteiger partial charge in [0.25, 0.3) is 0 Å². The minimum atomic E-state index is -0.472. The van der Waals surface area contributed by atoms with Crippen LogP contribution in [0.25, 0.3) is 0 Å². The predicted molar refractivity (Wildman–Crippen MR) is 111 cm³/mol. The third kappa shape index (κ3) is 3.26. The lowest BCUT2D eigenvalue weighted by Crippen LogP contribution is -3.00. The molecule has 1 unspecified atom stereocenters. The van der Waals surface area contributed by atoms with Crippen molar-refractivity contribution in [1.82, 2.24) is 10.2 Å². The Labute approximate surface area is 190 Å². The molecule has 2 aromatic rings. The van der Waals surface area contributed by atoms with E-state index in [2.05, 4.69) is 72.8 Å². The quantitative estimate of drug-likeness (QED) is 0.487. The van der Waals surface area contributed by atoms with Crippen LogP contribution in [0.2, 0.25) is 0 Å². The zero-order valence-electron chi connectivity index (χ0n) is 17.2. The molecule has 1 N–H and O–H groups in total. The molecule has 2 bridgehead atoms. The first-order chi connectivity index (χ1) is 13.5. The first kappa shape index (κ1) is 20.7. The molecule has 0 aromatic heterocycles. The number of urea groups is 1. The molecule has 3 aliphatic heterocycles. The molecule has 2 aromatic carbocycles. The van der Waals surface area contributed by atoms with Crippen LogP contribution in [0.1, 0.15) is 36.8 Å². The normalized spacial score (nSPS) is 29.2. The number of hydrogen-bond donors (Lipinski definition) is 1. The van der Waals surface area contributed by atoms with E-state index in [1.165, 1.54) is 12.8 Å². The molecule has 3 saturated heterocycles. The van der Waals surface area contributed by atoms with Crippen molar-refractivity contribution in [1.29, 1.82) is 0 Å². The van der Waals surface area contributed by atoms with E-state index in [0.717, 1.165) is 28.5 Å². The topological polar surface area (TPSA) is 32.3 Å². The van der Waals surface area contributed by atoms with Gasteiger partial charge in [-0.15, -0.1) is 0 Å². The molecule has 0 spiro atoms. The highest BCUT2D eigenvalue weighted by Crippen LogP contribution is 2.43. The molecule has 0 aliphatic carbocycles. The van der Waals surface area contributed by atoms with Gasteiger partial charge in [0.2, 0.25) is 0 Å². The van der Waals surface area contributed by atoms with Gasteiger partial charge in [-0.05, 0) is 11.1 Å². The molecule has 3 fully saturated rings. The van der Waals surface area contributed by atoms with Gasteiger partial charge in [0.1, 0.15) is 5.54 Å². The van der Waals surface area contributed by atoms with Gasteiger partial charge in [0.15, 0.2) is 0 Å². The van der Waals surface area contributed by atoms with Crippen molar-refractivity contribution in [2.75, 3.05) is 20.6 Å². The van der Waals surface area contributed by atoms with Crippen molar-refractivity contribution < 1.29 is 33.3 Å². The Kier molecular flexibility index (Phi) is 5.40. The third-order valence-electron chi connectivity index (χ3n) is 7.77. The maximum atomic E-state index is 13.2. The first-order valence-electron chi connectivity index (χ1n) is 10.5. The number of benzene rings is 2. The van der Waals surface area contributed by atoms with Crippen LogP contribution in [0.5, 0.6) is 0 Å². The summed E-state index contributed by atoms with van der Waals surface area (Å²) in [6.45, 7) is 0.706. The zero-order chi connectivity index (χ0) is 19.4. The summed E-state index contributed by atoms with van der Waals surface area (Å²) in [5, 5.41) is 3.40. The van der Waals surface area contributed by atoms with Crippen LogP contribution in [-0.2, 0) is 5.54 Å². The Bertz CT molecular complexity index is 815. The van der Waals surface area contributed by atoms with E-state index in [4.69, 9.17) is 0 Å². The van der Waals surface area contributed by atoms with Crippen LogP contribution in [-0.4, -0.2) is 54.2 Å². The van der Waals surface area contributed by atoms with E-state index in [9.17, 15) is 4.79 Å². The number of piperidine rings is 1. The Morgan fingerprint density at radius 3 is 1.86 bits per heavy atom. The fourth-order valence-corrected chi connectivity index (χ4v) is 5.96. The smallest absolute Gasteiger partial charge is 0.318 e. The van der Waals surface area contributed by atoms with Crippen LogP contribution in [0.4, 0.5) is 4.79 Å². The second kappa shape index (κ2) is 7.58. The monoisotopic (exact) mass is 503 g/mol. The maximum Gasteiger partial charge on any atom is 0.318 e. The van der Waals surface area contributed by atoms with Crippen molar-refractivity contribution in [2.45, 2.75) is 49.3 Å². The largest absolute Gasteiger partial charge is 1.00 e. The molecule has 154 valence electrons. The van der Waals surface area contributed by atoms with Crippen molar-refractivity contribution in [3.63, 3.8) is 0 Å². The number of halogens is 1. The Morgan fingerprint density at radius 1 is 0.897 bits per heavy atom. The average molecular weight is 503 g/mol. The van der Waals surface area contributed by atoms with Gasteiger partial charge in [0.05, 0.1) is 32.7 Å². The third-order valence-corrected chi connectivity index (χ3v) is 7.77. The highest BCUT2D eigenvalue weighted by atomic mass is 127.